The minimum Gasteiger partial charge on any atom is -0.464 e. The van der Waals surface area contributed by atoms with Crippen molar-refractivity contribution in [3.63, 3.8) is 0 Å². The molecule has 0 saturated carbocycles. The number of ether oxygens (including phenoxy) is 7. The van der Waals surface area contributed by atoms with Crippen LogP contribution < -0.4 is 0 Å². The Kier molecular flexibility index (Phi) is 17.5. The Morgan fingerprint density at radius 1 is 0.694 bits per heavy atom. The normalized spacial score (nSPS) is 17.0. The summed E-state index contributed by atoms with van der Waals surface area (Å²) in [6, 6.07) is 8.86. The molecule has 1 aliphatic rings. The van der Waals surface area contributed by atoms with E-state index in [4.69, 9.17) is 33.2 Å². The molecule has 1 aliphatic heterocycles. The Balaban J connectivity index is 1.56. The summed E-state index contributed by atoms with van der Waals surface area (Å²) in [5.74, 6) is -1.32. The summed E-state index contributed by atoms with van der Waals surface area (Å²) >= 11 is 0. The van der Waals surface area contributed by atoms with Crippen molar-refractivity contribution >= 4 is 17.9 Å². The number of carbonyl (C=O) groups is 3. The van der Waals surface area contributed by atoms with Gasteiger partial charge >= 0.3 is 17.9 Å². The fourth-order valence-corrected chi connectivity index (χ4v) is 4.93. The van der Waals surface area contributed by atoms with Gasteiger partial charge in [-0.2, -0.15) is 0 Å². The molecule has 49 heavy (non-hydrogen) atoms. The molecule has 2 aromatic rings. The summed E-state index contributed by atoms with van der Waals surface area (Å²) < 4.78 is 38.6. The van der Waals surface area contributed by atoms with Crippen molar-refractivity contribution in [2.75, 3.05) is 93.3 Å². The van der Waals surface area contributed by atoms with Crippen molar-refractivity contribution < 1.29 is 47.5 Å². The van der Waals surface area contributed by atoms with E-state index in [0.717, 1.165) is 11.3 Å². The summed E-state index contributed by atoms with van der Waals surface area (Å²) in [4.78, 5) is 50.0. The number of rotatable bonds is 9. The highest BCUT2D eigenvalue weighted by Crippen LogP contribution is 2.15. The van der Waals surface area contributed by atoms with Crippen LogP contribution in [0.5, 0.6) is 0 Å². The number of nitrogens with zero attached hydrogens (tertiary/aromatic N) is 4. The molecule has 0 spiro atoms. The van der Waals surface area contributed by atoms with Crippen LogP contribution in [0.3, 0.4) is 0 Å². The fraction of sp³-hybridized carbons (Fsp3) is 0.629. The molecule has 0 atom stereocenters. The second kappa shape index (κ2) is 21.5. The van der Waals surface area contributed by atoms with E-state index in [1.807, 2.05) is 32.9 Å². The first-order chi connectivity index (χ1) is 23.6. The van der Waals surface area contributed by atoms with Crippen LogP contribution in [0.4, 0.5) is 0 Å². The lowest BCUT2D eigenvalue weighted by Gasteiger charge is -2.24. The van der Waals surface area contributed by atoms with Gasteiger partial charge in [-0.25, -0.2) is 19.6 Å². The van der Waals surface area contributed by atoms with E-state index in [0.29, 0.717) is 104 Å². The van der Waals surface area contributed by atoms with Crippen LogP contribution in [0.1, 0.15) is 65.1 Å². The van der Waals surface area contributed by atoms with Gasteiger partial charge in [0.1, 0.15) is 17.0 Å². The topological polar surface area (TPSA) is 148 Å². The van der Waals surface area contributed by atoms with Crippen LogP contribution in [0, 0.1) is 0 Å². The zero-order chi connectivity index (χ0) is 35.5. The predicted octanol–water partition coefficient (Wildman–Crippen LogP) is 2.71. The van der Waals surface area contributed by atoms with Crippen molar-refractivity contribution in [3.05, 3.63) is 58.7 Å². The summed E-state index contributed by atoms with van der Waals surface area (Å²) in [6.45, 7) is 12.6. The zero-order valence-electron chi connectivity index (χ0n) is 29.6. The lowest BCUT2D eigenvalue weighted by atomic mass is 10.1. The van der Waals surface area contributed by atoms with Crippen molar-refractivity contribution in [3.8, 4) is 0 Å². The molecular weight excluding hydrogens is 636 g/mol. The number of methoxy groups -OCH3 is 2. The maximum absolute atomic E-state index is 12.4. The van der Waals surface area contributed by atoms with Gasteiger partial charge in [0.25, 0.3) is 0 Å². The molecular formula is C35H52N4O10. The zero-order valence-corrected chi connectivity index (χ0v) is 29.6. The first kappa shape index (κ1) is 39.9. The van der Waals surface area contributed by atoms with Crippen LogP contribution in [0.15, 0.2) is 30.3 Å². The van der Waals surface area contributed by atoms with Crippen molar-refractivity contribution in [1.82, 2.24) is 19.8 Å². The predicted molar refractivity (Wildman–Crippen MR) is 179 cm³/mol. The molecule has 0 bridgehead atoms. The summed E-state index contributed by atoms with van der Waals surface area (Å²) in [5.41, 5.74) is 2.11. The molecule has 272 valence electrons. The van der Waals surface area contributed by atoms with Gasteiger partial charge in [-0.15, -0.1) is 0 Å². The third kappa shape index (κ3) is 16.2. The second-order valence-electron chi connectivity index (χ2n) is 12.4. The number of aromatic nitrogens is 2. The SMILES string of the molecule is COC(=O)c1cccc(CN2CCOCCOCCN(Cc3cc(CCC(=O)OC(C)(C)C)cc(C(=O)OC)n3)CCOCCOCC2)n1. The van der Waals surface area contributed by atoms with Gasteiger partial charge in [0, 0.05) is 45.7 Å². The highest BCUT2D eigenvalue weighted by Gasteiger charge is 2.18. The fourth-order valence-electron chi connectivity index (χ4n) is 4.93. The maximum atomic E-state index is 12.4. The van der Waals surface area contributed by atoms with E-state index in [2.05, 4.69) is 19.8 Å². The van der Waals surface area contributed by atoms with E-state index in [1.165, 1.54) is 14.2 Å². The van der Waals surface area contributed by atoms with Gasteiger partial charge in [0.05, 0.1) is 78.5 Å². The highest BCUT2D eigenvalue weighted by molar-refractivity contribution is 5.87. The maximum Gasteiger partial charge on any atom is 0.356 e. The summed E-state index contributed by atoms with van der Waals surface area (Å²) in [7, 11) is 2.65. The smallest absolute Gasteiger partial charge is 0.356 e. The standard InChI is InChI=1S/C35H52N4O10/c1-35(2,3)49-32(40)10-9-27-23-29(37-31(24-27)34(42)44-5)26-39-13-17-47-21-19-45-15-11-38(12-16-46-20-22-48-18-14-39)25-28-7-6-8-30(36-28)33(41)43-4/h6-8,23-24H,9-22,25-26H2,1-5H3. The third-order valence-electron chi connectivity index (χ3n) is 7.29. The van der Waals surface area contributed by atoms with Gasteiger partial charge in [-0.1, -0.05) is 6.07 Å². The molecule has 3 rings (SSSR count). The van der Waals surface area contributed by atoms with Crippen LogP contribution in [-0.4, -0.2) is 137 Å². The molecule has 0 unspecified atom stereocenters. The van der Waals surface area contributed by atoms with Crippen LogP contribution in [0.2, 0.25) is 0 Å². The van der Waals surface area contributed by atoms with Gasteiger partial charge < -0.3 is 33.2 Å². The van der Waals surface area contributed by atoms with E-state index in [-0.39, 0.29) is 23.8 Å². The molecule has 0 aliphatic carbocycles. The van der Waals surface area contributed by atoms with Gasteiger partial charge in [0.15, 0.2) is 0 Å². The molecule has 2 aromatic heterocycles. The van der Waals surface area contributed by atoms with Crippen LogP contribution in [0.25, 0.3) is 0 Å². The third-order valence-corrected chi connectivity index (χ3v) is 7.29. The first-order valence-corrected chi connectivity index (χ1v) is 16.7. The van der Waals surface area contributed by atoms with Gasteiger partial charge in [-0.3, -0.25) is 14.6 Å². The first-order valence-electron chi connectivity index (χ1n) is 16.7. The van der Waals surface area contributed by atoms with E-state index in [1.54, 1.807) is 18.2 Å². The Hall–Kier alpha value is -3.53. The minimum absolute atomic E-state index is 0.178. The Morgan fingerprint density at radius 3 is 1.69 bits per heavy atom. The Labute approximate surface area is 289 Å². The molecule has 0 amide bonds. The average molecular weight is 689 g/mol. The van der Waals surface area contributed by atoms with Crippen molar-refractivity contribution in [1.29, 1.82) is 0 Å². The number of hydrogen-bond acceptors (Lipinski definition) is 14. The molecule has 1 fully saturated rings. The molecule has 3 heterocycles. The lowest BCUT2D eigenvalue weighted by molar-refractivity contribution is -0.154. The number of pyridine rings is 2. The van der Waals surface area contributed by atoms with E-state index < -0.39 is 17.5 Å². The number of esters is 3. The van der Waals surface area contributed by atoms with E-state index in [9.17, 15) is 14.4 Å². The Morgan fingerprint density at radius 2 is 1.18 bits per heavy atom. The van der Waals surface area contributed by atoms with Crippen LogP contribution in [-0.2, 0) is 57.5 Å². The molecule has 0 N–H and O–H groups in total. The second-order valence-corrected chi connectivity index (χ2v) is 12.4. The number of carbonyl (C=O) groups excluding carboxylic acids is 3. The molecule has 0 aromatic carbocycles. The molecule has 0 radical (unpaired) electrons. The molecule has 1 saturated heterocycles. The quantitative estimate of drug-likeness (QED) is 0.281. The number of hydrogen-bond donors (Lipinski definition) is 0. The molecule has 14 heteroatoms. The van der Waals surface area contributed by atoms with Crippen LogP contribution >= 0.6 is 0 Å². The highest BCUT2D eigenvalue weighted by atomic mass is 16.6. The largest absolute Gasteiger partial charge is 0.464 e. The molecule has 14 nitrogen and oxygen atoms in total. The lowest BCUT2D eigenvalue weighted by Crippen LogP contribution is -2.33. The van der Waals surface area contributed by atoms with E-state index >= 15 is 0 Å². The average Bonchev–Trinajstić information content (AvgIpc) is 3.07. The van der Waals surface area contributed by atoms with Gasteiger partial charge in [-0.05, 0) is 57.0 Å². The summed E-state index contributed by atoms with van der Waals surface area (Å²) in [5, 5.41) is 0. The Bertz CT molecular complexity index is 1300. The minimum atomic E-state index is -0.572. The van der Waals surface area contributed by atoms with Crippen molar-refractivity contribution in [2.24, 2.45) is 0 Å². The van der Waals surface area contributed by atoms with Gasteiger partial charge in [0.2, 0.25) is 0 Å². The monoisotopic (exact) mass is 688 g/mol. The van der Waals surface area contributed by atoms with Crippen molar-refractivity contribution in [2.45, 2.75) is 52.3 Å². The number of aryl methyl sites for hydroxylation is 1. The summed E-state index contributed by atoms with van der Waals surface area (Å²) in [6.07, 6.45) is 0.578.